The summed E-state index contributed by atoms with van der Waals surface area (Å²) in [5.41, 5.74) is 2.68. The molecule has 0 saturated carbocycles. The van der Waals surface area contributed by atoms with Crippen molar-refractivity contribution in [1.82, 2.24) is 0 Å². The van der Waals surface area contributed by atoms with Gasteiger partial charge in [0.1, 0.15) is 11.3 Å². The number of rotatable bonds is 3. The molecule has 0 atom stereocenters. The molecule has 0 spiro atoms. The molecule has 3 rings (SSSR count). The fourth-order valence-electron chi connectivity index (χ4n) is 2.18. The van der Waals surface area contributed by atoms with Crippen molar-refractivity contribution < 1.29 is 9.21 Å². The summed E-state index contributed by atoms with van der Waals surface area (Å²) in [6, 6.07) is 15.4. The Balaban J connectivity index is 1.73. The number of fused-ring (bicyclic) bond motifs is 1. The number of carbonyl (C=O) groups is 1. The summed E-state index contributed by atoms with van der Waals surface area (Å²) in [5, 5.41) is 3.81. The molecule has 3 aromatic rings. The topological polar surface area (TPSA) is 42.2 Å². The van der Waals surface area contributed by atoms with Crippen molar-refractivity contribution in [3.8, 4) is 0 Å². The number of hydrogen-bond donors (Lipinski definition) is 1. The van der Waals surface area contributed by atoms with Gasteiger partial charge in [-0.3, -0.25) is 4.79 Å². The molecule has 0 fully saturated rings. The van der Waals surface area contributed by atoms with E-state index in [0.29, 0.717) is 5.76 Å². The molecule has 4 heteroatoms. The molecular weight excluding hydrogens is 342 g/mol. The van der Waals surface area contributed by atoms with Crippen molar-refractivity contribution in [1.29, 1.82) is 0 Å². The van der Waals surface area contributed by atoms with Crippen LogP contribution in [0.15, 0.2) is 63.5 Å². The molecule has 1 heterocycles. The van der Waals surface area contributed by atoms with Gasteiger partial charge in [-0.1, -0.05) is 28.1 Å². The third-order valence-corrected chi connectivity index (χ3v) is 3.68. The molecule has 0 saturated heterocycles. The minimum Gasteiger partial charge on any atom is -0.457 e. The molecule has 0 unspecified atom stereocenters. The van der Waals surface area contributed by atoms with Gasteiger partial charge in [0.25, 0.3) is 0 Å². The third-order valence-electron chi connectivity index (χ3n) is 3.18. The van der Waals surface area contributed by atoms with E-state index in [1.54, 1.807) is 6.08 Å². The first kappa shape index (κ1) is 14.6. The van der Waals surface area contributed by atoms with Gasteiger partial charge in [0, 0.05) is 21.6 Å². The smallest absolute Gasteiger partial charge is 0.248 e. The van der Waals surface area contributed by atoms with Crippen LogP contribution in [-0.4, -0.2) is 5.91 Å². The molecule has 22 heavy (non-hydrogen) atoms. The van der Waals surface area contributed by atoms with E-state index in [0.717, 1.165) is 26.7 Å². The van der Waals surface area contributed by atoms with E-state index in [9.17, 15) is 4.79 Å². The van der Waals surface area contributed by atoms with Crippen LogP contribution in [0.4, 0.5) is 5.69 Å². The van der Waals surface area contributed by atoms with Crippen LogP contribution in [0.5, 0.6) is 0 Å². The standard InChI is InChI=1S/C18H14BrNO2/c1-12-3-2-4-15(9-12)20-18(21)8-6-16-11-13-10-14(19)5-7-17(13)22-16/h2-11H,1H3,(H,20,21). The average molecular weight is 356 g/mol. The number of carbonyl (C=O) groups excluding carboxylic acids is 1. The van der Waals surface area contributed by atoms with Gasteiger partial charge in [-0.25, -0.2) is 0 Å². The van der Waals surface area contributed by atoms with Crippen molar-refractivity contribution in [3.05, 3.63) is 70.4 Å². The Morgan fingerprint density at radius 2 is 2.05 bits per heavy atom. The maximum atomic E-state index is 11.9. The van der Waals surface area contributed by atoms with Gasteiger partial charge < -0.3 is 9.73 Å². The minimum atomic E-state index is -0.188. The molecule has 0 aliphatic carbocycles. The second-order valence-corrected chi connectivity index (χ2v) is 5.94. The summed E-state index contributed by atoms with van der Waals surface area (Å²) < 4.78 is 6.65. The Bertz CT molecular complexity index is 864. The first-order valence-corrected chi connectivity index (χ1v) is 7.64. The second-order valence-electron chi connectivity index (χ2n) is 5.02. The van der Waals surface area contributed by atoms with Crippen LogP contribution in [0.2, 0.25) is 0 Å². The molecule has 1 aromatic heterocycles. The molecule has 1 N–H and O–H groups in total. The van der Waals surface area contributed by atoms with Crippen molar-refractivity contribution in [2.24, 2.45) is 0 Å². The summed E-state index contributed by atoms with van der Waals surface area (Å²) in [6.45, 7) is 1.98. The molecule has 3 nitrogen and oxygen atoms in total. The van der Waals surface area contributed by atoms with Crippen LogP contribution < -0.4 is 5.32 Å². The van der Waals surface area contributed by atoms with Gasteiger partial charge in [-0.15, -0.1) is 0 Å². The lowest BCUT2D eigenvalue weighted by molar-refractivity contribution is -0.111. The van der Waals surface area contributed by atoms with Crippen LogP contribution in [0.1, 0.15) is 11.3 Å². The third kappa shape index (κ3) is 3.46. The molecule has 0 radical (unpaired) electrons. The number of aryl methyl sites for hydroxylation is 1. The van der Waals surface area contributed by atoms with Crippen LogP contribution in [0, 0.1) is 6.92 Å². The Hall–Kier alpha value is -2.33. The van der Waals surface area contributed by atoms with E-state index in [-0.39, 0.29) is 5.91 Å². The Morgan fingerprint density at radius 3 is 2.86 bits per heavy atom. The number of nitrogens with one attached hydrogen (secondary N) is 1. The number of benzene rings is 2. The van der Waals surface area contributed by atoms with Gasteiger partial charge in [-0.05, 0) is 55.0 Å². The Kier molecular flexibility index (Phi) is 4.11. The Morgan fingerprint density at radius 1 is 1.18 bits per heavy atom. The highest BCUT2D eigenvalue weighted by Gasteiger charge is 2.03. The predicted octanol–water partition coefficient (Wildman–Crippen LogP) is 5.16. The molecule has 110 valence electrons. The maximum Gasteiger partial charge on any atom is 0.248 e. The number of halogens is 1. The maximum absolute atomic E-state index is 11.9. The van der Waals surface area contributed by atoms with Crippen LogP contribution in [0.3, 0.4) is 0 Å². The highest BCUT2D eigenvalue weighted by atomic mass is 79.9. The summed E-state index contributed by atoms with van der Waals surface area (Å²) in [5.74, 6) is 0.458. The molecule has 0 bridgehead atoms. The van der Waals surface area contributed by atoms with Crippen molar-refractivity contribution in [3.63, 3.8) is 0 Å². The van der Waals surface area contributed by atoms with E-state index < -0.39 is 0 Å². The summed E-state index contributed by atoms with van der Waals surface area (Å²) in [6.07, 6.45) is 3.13. The van der Waals surface area contributed by atoms with E-state index >= 15 is 0 Å². The van der Waals surface area contributed by atoms with Gasteiger partial charge in [0.15, 0.2) is 0 Å². The fraction of sp³-hybridized carbons (Fsp3) is 0.0556. The lowest BCUT2D eigenvalue weighted by atomic mass is 10.2. The van der Waals surface area contributed by atoms with Crippen LogP contribution >= 0.6 is 15.9 Å². The summed E-state index contributed by atoms with van der Waals surface area (Å²) in [4.78, 5) is 11.9. The van der Waals surface area contributed by atoms with Gasteiger partial charge in [0.2, 0.25) is 5.91 Å². The highest BCUT2D eigenvalue weighted by Crippen LogP contribution is 2.24. The second kappa shape index (κ2) is 6.20. The van der Waals surface area contributed by atoms with E-state index in [1.165, 1.54) is 6.08 Å². The van der Waals surface area contributed by atoms with Gasteiger partial charge in [0.05, 0.1) is 0 Å². The van der Waals surface area contributed by atoms with Crippen molar-refractivity contribution in [2.45, 2.75) is 6.92 Å². The molecule has 2 aromatic carbocycles. The number of amides is 1. The molecule has 0 aliphatic heterocycles. The average Bonchev–Trinajstić information content (AvgIpc) is 2.87. The van der Waals surface area contributed by atoms with Crippen molar-refractivity contribution >= 4 is 44.6 Å². The number of anilines is 1. The summed E-state index contributed by atoms with van der Waals surface area (Å²) in [7, 11) is 0. The van der Waals surface area contributed by atoms with Gasteiger partial charge >= 0.3 is 0 Å². The van der Waals surface area contributed by atoms with Crippen LogP contribution in [-0.2, 0) is 4.79 Å². The zero-order valence-electron chi connectivity index (χ0n) is 12.0. The number of furan rings is 1. The van der Waals surface area contributed by atoms with Gasteiger partial charge in [-0.2, -0.15) is 0 Å². The highest BCUT2D eigenvalue weighted by molar-refractivity contribution is 9.10. The van der Waals surface area contributed by atoms with E-state index in [2.05, 4.69) is 21.2 Å². The molecule has 0 aliphatic rings. The molecule has 1 amide bonds. The SMILES string of the molecule is Cc1cccc(NC(=O)C=Cc2cc3cc(Br)ccc3o2)c1. The quantitative estimate of drug-likeness (QED) is 0.659. The zero-order chi connectivity index (χ0) is 15.5. The van der Waals surface area contributed by atoms with Crippen molar-refractivity contribution in [2.75, 3.05) is 5.32 Å². The first-order chi connectivity index (χ1) is 10.6. The minimum absolute atomic E-state index is 0.188. The predicted molar refractivity (Wildman–Crippen MR) is 92.8 cm³/mol. The number of hydrogen-bond acceptors (Lipinski definition) is 2. The van der Waals surface area contributed by atoms with E-state index in [1.807, 2.05) is 55.5 Å². The normalized spacial score (nSPS) is 11.2. The largest absolute Gasteiger partial charge is 0.457 e. The lowest BCUT2D eigenvalue weighted by Gasteiger charge is -2.02. The zero-order valence-corrected chi connectivity index (χ0v) is 13.6. The first-order valence-electron chi connectivity index (χ1n) is 6.85. The monoisotopic (exact) mass is 355 g/mol. The van der Waals surface area contributed by atoms with Crippen LogP contribution in [0.25, 0.3) is 17.0 Å². The lowest BCUT2D eigenvalue weighted by Crippen LogP contribution is -2.07. The summed E-state index contributed by atoms with van der Waals surface area (Å²) >= 11 is 3.42. The van der Waals surface area contributed by atoms with E-state index in [4.69, 9.17) is 4.42 Å². The molecular formula is C18H14BrNO2. The Labute approximate surface area is 136 Å². The fourth-order valence-corrected chi connectivity index (χ4v) is 2.56.